The van der Waals surface area contributed by atoms with E-state index < -0.39 is 13.7 Å². The highest BCUT2D eigenvalue weighted by Crippen LogP contribution is 2.40. The maximum absolute atomic E-state index is 10.2. The van der Waals surface area contributed by atoms with Crippen molar-refractivity contribution in [3.63, 3.8) is 0 Å². The zero-order valence-corrected chi connectivity index (χ0v) is 6.02. The predicted octanol–water partition coefficient (Wildman–Crippen LogP) is 0.559. The van der Waals surface area contributed by atoms with Crippen molar-refractivity contribution in [1.82, 2.24) is 0 Å². The van der Waals surface area contributed by atoms with Crippen LogP contribution in [-0.4, -0.2) is 21.4 Å². The molecule has 0 fully saturated rings. The van der Waals surface area contributed by atoms with Crippen molar-refractivity contribution in [3.8, 4) is 0 Å². The van der Waals surface area contributed by atoms with Gasteiger partial charge in [-0.2, -0.15) is 0 Å². The first kappa shape index (κ1) is 7.63. The van der Waals surface area contributed by atoms with E-state index in [1.165, 1.54) is 0 Å². The van der Waals surface area contributed by atoms with Crippen molar-refractivity contribution in [2.24, 2.45) is 0 Å². The van der Waals surface area contributed by atoms with Gasteiger partial charge in [-0.3, -0.25) is 4.57 Å². The third kappa shape index (κ3) is 3.23. The van der Waals surface area contributed by atoms with Gasteiger partial charge in [0.05, 0.1) is 5.07 Å². The number of halogens is 1. The number of alkyl halides is 1. The first-order valence-corrected chi connectivity index (χ1v) is 4.75. The quantitative estimate of drug-likeness (QED) is 0.492. The molecule has 1 atom stereocenters. The van der Waals surface area contributed by atoms with Crippen molar-refractivity contribution in [2.45, 2.75) is 0 Å². The van der Waals surface area contributed by atoms with E-state index in [1.54, 1.807) is 0 Å². The highest BCUT2D eigenvalue weighted by Gasteiger charge is 2.12. The lowest BCUT2D eigenvalue weighted by atomic mass is 11.7. The van der Waals surface area contributed by atoms with Crippen LogP contribution in [0.1, 0.15) is 0 Å². The Kier molecular flexibility index (Phi) is 3.08. The molecule has 0 aliphatic heterocycles. The minimum absolute atomic E-state index is 0.0312. The van der Waals surface area contributed by atoms with Crippen molar-refractivity contribution in [3.05, 3.63) is 0 Å². The average molecular weight is 189 g/mol. The lowest BCUT2D eigenvalue weighted by Crippen LogP contribution is -1.85. The molecule has 0 aliphatic rings. The molecule has 0 bridgehead atoms. The van der Waals surface area contributed by atoms with Gasteiger partial charge in [0, 0.05) is 0 Å². The smallest absolute Gasteiger partial charge is 0.235 e. The van der Waals surface area contributed by atoms with Crippen LogP contribution in [0, 0.1) is 0 Å². The van der Waals surface area contributed by atoms with Crippen LogP contribution < -0.4 is 0 Å². The highest BCUT2D eigenvalue weighted by molar-refractivity contribution is 9.10. The second-order valence-electron chi connectivity index (χ2n) is 1.11. The molecule has 44 valence electrons. The Balaban J connectivity index is 3.61. The number of rotatable bonds is 2. The maximum atomic E-state index is 10.2. The van der Waals surface area contributed by atoms with Gasteiger partial charge in [-0.05, 0) is 0 Å². The van der Waals surface area contributed by atoms with Crippen molar-refractivity contribution >= 4 is 23.3 Å². The van der Waals surface area contributed by atoms with Gasteiger partial charge in [-0.1, -0.05) is 15.9 Å². The molecule has 0 saturated heterocycles. The SMILES string of the molecule is O=P(O)(CO)CBr. The zero-order valence-electron chi connectivity index (χ0n) is 3.54. The molecule has 0 amide bonds. The van der Waals surface area contributed by atoms with E-state index >= 15 is 0 Å². The van der Waals surface area contributed by atoms with E-state index in [9.17, 15) is 4.57 Å². The lowest BCUT2D eigenvalue weighted by molar-refractivity contribution is 0.335. The molecule has 1 unspecified atom stereocenters. The summed E-state index contributed by atoms with van der Waals surface area (Å²) in [5.74, 6) is 0. The molecule has 0 rings (SSSR count). The fourth-order valence-electron chi connectivity index (χ4n) is 0.0378. The molecule has 0 aliphatic carbocycles. The van der Waals surface area contributed by atoms with E-state index in [1.807, 2.05) is 0 Å². The second-order valence-corrected chi connectivity index (χ2v) is 4.83. The summed E-state index contributed by atoms with van der Waals surface area (Å²) < 4.78 is 10.2. The van der Waals surface area contributed by atoms with Crippen LogP contribution in [0.5, 0.6) is 0 Å². The summed E-state index contributed by atoms with van der Waals surface area (Å²) in [5.41, 5.74) is 0. The van der Waals surface area contributed by atoms with Gasteiger partial charge in [0.2, 0.25) is 7.37 Å². The number of aliphatic hydroxyl groups is 1. The third-order valence-electron chi connectivity index (χ3n) is 0.408. The highest BCUT2D eigenvalue weighted by atomic mass is 79.9. The molecule has 2 N–H and O–H groups in total. The van der Waals surface area contributed by atoms with Crippen LogP contribution in [0.25, 0.3) is 0 Å². The zero-order chi connectivity index (χ0) is 5.91. The van der Waals surface area contributed by atoms with Gasteiger partial charge < -0.3 is 10.00 Å². The topological polar surface area (TPSA) is 57.5 Å². The van der Waals surface area contributed by atoms with Gasteiger partial charge in [0.25, 0.3) is 0 Å². The van der Waals surface area contributed by atoms with Crippen LogP contribution in [0.4, 0.5) is 0 Å². The van der Waals surface area contributed by atoms with Crippen LogP contribution in [-0.2, 0) is 4.57 Å². The molecule has 0 aromatic rings. The van der Waals surface area contributed by atoms with Crippen molar-refractivity contribution < 1.29 is 14.6 Å². The summed E-state index contributed by atoms with van der Waals surface area (Å²) in [6, 6.07) is 0. The molecular formula is C2H6BrO3P. The lowest BCUT2D eigenvalue weighted by Gasteiger charge is -1.99. The Morgan fingerprint density at radius 3 is 2.14 bits per heavy atom. The number of hydrogen-bond donors (Lipinski definition) is 2. The molecule has 0 radical (unpaired) electrons. The molecule has 0 saturated carbocycles. The van der Waals surface area contributed by atoms with Gasteiger partial charge >= 0.3 is 0 Å². The molecule has 3 nitrogen and oxygen atoms in total. The monoisotopic (exact) mass is 188 g/mol. The van der Waals surface area contributed by atoms with Gasteiger partial charge in [-0.15, -0.1) is 0 Å². The first-order chi connectivity index (χ1) is 3.12. The third-order valence-corrected chi connectivity index (χ3v) is 3.57. The summed E-state index contributed by atoms with van der Waals surface area (Å²) in [4.78, 5) is 8.39. The summed E-state index contributed by atoms with van der Waals surface area (Å²) >= 11 is 2.76. The van der Waals surface area contributed by atoms with Crippen LogP contribution in [0.15, 0.2) is 0 Å². The Morgan fingerprint density at radius 1 is 1.71 bits per heavy atom. The largest absolute Gasteiger partial charge is 0.386 e. The second kappa shape index (κ2) is 2.82. The Hall–Kier alpha value is 0.630. The van der Waals surface area contributed by atoms with E-state index in [-0.39, 0.29) is 5.07 Å². The van der Waals surface area contributed by atoms with E-state index in [0.717, 1.165) is 0 Å². The Bertz CT molecular complexity index is 84.9. The minimum atomic E-state index is -3.18. The standard InChI is InChI=1S/C2H6BrO3P/c3-1-7(5,6)2-4/h4H,1-2H2,(H,5,6). The van der Waals surface area contributed by atoms with Crippen LogP contribution in [0.2, 0.25) is 0 Å². The fourth-order valence-corrected chi connectivity index (χ4v) is 0.589. The fraction of sp³-hybridized carbons (Fsp3) is 1.00. The average Bonchev–Trinajstić information content (AvgIpc) is 1.68. The van der Waals surface area contributed by atoms with E-state index in [4.69, 9.17) is 10.00 Å². The number of aliphatic hydroxyl groups excluding tert-OH is 1. The van der Waals surface area contributed by atoms with Crippen LogP contribution >= 0.6 is 23.3 Å². The van der Waals surface area contributed by atoms with Crippen molar-refractivity contribution in [2.75, 3.05) is 11.4 Å². The van der Waals surface area contributed by atoms with E-state index in [0.29, 0.717) is 0 Å². The van der Waals surface area contributed by atoms with Crippen LogP contribution in [0.3, 0.4) is 0 Å². The first-order valence-electron chi connectivity index (χ1n) is 1.60. The molecule has 5 heteroatoms. The van der Waals surface area contributed by atoms with Gasteiger partial charge in [0.15, 0.2) is 0 Å². The summed E-state index contributed by atoms with van der Waals surface area (Å²) in [6.45, 7) is 0. The maximum Gasteiger partial charge on any atom is 0.235 e. The Labute approximate surface area is 49.9 Å². The molecule has 0 aromatic heterocycles. The van der Waals surface area contributed by atoms with E-state index in [2.05, 4.69) is 15.9 Å². The summed E-state index contributed by atoms with van der Waals surface area (Å²) in [7, 11) is -3.18. The molecule has 0 heterocycles. The molecule has 0 spiro atoms. The Morgan fingerprint density at radius 2 is 2.14 bits per heavy atom. The number of hydrogen-bond acceptors (Lipinski definition) is 2. The van der Waals surface area contributed by atoms with Gasteiger partial charge in [0.1, 0.15) is 6.35 Å². The molecule has 0 aromatic carbocycles. The predicted molar refractivity (Wildman–Crippen MR) is 30.7 cm³/mol. The molecular weight excluding hydrogens is 183 g/mol. The normalized spacial score (nSPS) is 18.7. The summed E-state index contributed by atoms with van der Waals surface area (Å²) in [6.07, 6.45) is -0.641. The van der Waals surface area contributed by atoms with Crippen molar-refractivity contribution in [1.29, 1.82) is 0 Å². The summed E-state index contributed by atoms with van der Waals surface area (Å²) in [5, 5.41) is 8.02. The minimum Gasteiger partial charge on any atom is -0.386 e. The molecule has 7 heavy (non-hydrogen) atoms. The van der Waals surface area contributed by atoms with Gasteiger partial charge in [-0.25, -0.2) is 0 Å².